The fourth-order valence-electron chi connectivity index (χ4n) is 4.98. The van der Waals surface area contributed by atoms with E-state index in [9.17, 15) is 14.4 Å². The average molecular weight is 593 g/mol. The first-order valence-corrected chi connectivity index (χ1v) is 14.0. The minimum atomic E-state index is -0.721. The van der Waals surface area contributed by atoms with Crippen molar-refractivity contribution < 1.29 is 42.8 Å². The van der Waals surface area contributed by atoms with Gasteiger partial charge < -0.3 is 28.4 Å². The fourth-order valence-corrected chi connectivity index (χ4v) is 4.98. The molecule has 0 aliphatic heterocycles. The van der Waals surface area contributed by atoms with E-state index in [-0.39, 0.29) is 31.7 Å². The van der Waals surface area contributed by atoms with Crippen LogP contribution in [0.2, 0.25) is 0 Å². The number of benzene rings is 3. The Labute approximate surface area is 253 Å². The van der Waals surface area contributed by atoms with Gasteiger partial charge in [0.2, 0.25) is 0 Å². The normalized spacial score (nSPS) is 12.1. The van der Waals surface area contributed by atoms with E-state index < -0.39 is 18.5 Å². The van der Waals surface area contributed by atoms with E-state index in [1.807, 2.05) is 39.0 Å². The molecule has 2 unspecified atom stereocenters. The number of rotatable bonds is 11. The molecule has 3 aromatic carbocycles. The summed E-state index contributed by atoms with van der Waals surface area (Å²) in [6.07, 6.45) is -1.40. The summed E-state index contributed by atoms with van der Waals surface area (Å²) in [4.78, 5) is 34.4. The van der Waals surface area contributed by atoms with Gasteiger partial charge in [-0.3, -0.25) is 0 Å². The average Bonchev–Trinajstić information content (AvgIpc) is 3.01. The number of ether oxygens (including phenoxy) is 6. The summed E-state index contributed by atoms with van der Waals surface area (Å²) in [5.74, 6) is 0.218. The molecule has 0 N–H and O–H groups in total. The molecule has 9 heteroatoms. The second kappa shape index (κ2) is 15.6. The Bertz CT molecular complexity index is 1430. The minimum absolute atomic E-state index is 0.0995. The lowest BCUT2D eigenvalue weighted by Gasteiger charge is -2.27. The Morgan fingerprint density at radius 3 is 1.40 bits per heavy atom. The molecule has 0 radical (unpaired) electrons. The zero-order valence-corrected chi connectivity index (χ0v) is 25.9. The van der Waals surface area contributed by atoms with Crippen LogP contribution in [0.25, 0.3) is 0 Å². The standard InChI is InChI=1S/C34H40O9/c1-21-14-25(8-9-28(21)18-41-32(35)38-5)17-31(27-11-13-30(23(3)16-27)20-43-34(37)40-7)24(4)26-10-12-29(22(2)15-26)19-42-33(36)39-6/h8-16,24,31H,17-20H2,1-7H3. The van der Waals surface area contributed by atoms with E-state index in [4.69, 9.17) is 14.2 Å². The van der Waals surface area contributed by atoms with E-state index in [1.54, 1.807) is 0 Å². The lowest BCUT2D eigenvalue weighted by Crippen LogP contribution is -2.14. The first-order valence-electron chi connectivity index (χ1n) is 14.0. The molecule has 0 saturated carbocycles. The number of aryl methyl sites for hydroxylation is 3. The maximum atomic E-state index is 11.5. The lowest BCUT2D eigenvalue weighted by atomic mass is 9.77. The highest BCUT2D eigenvalue weighted by molar-refractivity contribution is 5.60. The SMILES string of the molecule is COC(=O)OCc1ccc(CC(c2ccc(COC(=O)OC)c(C)c2)C(C)c2ccc(COC(=O)OC)c(C)c2)cc1C. The van der Waals surface area contributed by atoms with Crippen molar-refractivity contribution in [2.45, 2.75) is 65.8 Å². The van der Waals surface area contributed by atoms with Crippen LogP contribution in [0, 0.1) is 20.8 Å². The number of methoxy groups -OCH3 is 3. The Hall–Kier alpha value is -4.53. The molecule has 2 atom stereocenters. The third-order valence-corrected chi connectivity index (χ3v) is 7.69. The zero-order valence-electron chi connectivity index (χ0n) is 25.9. The van der Waals surface area contributed by atoms with Crippen LogP contribution in [0.4, 0.5) is 14.4 Å². The number of carbonyl (C=O) groups is 3. The van der Waals surface area contributed by atoms with E-state index in [0.29, 0.717) is 0 Å². The fraction of sp³-hybridized carbons (Fsp3) is 0.382. The van der Waals surface area contributed by atoms with Gasteiger partial charge in [-0.1, -0.05) is 61.5 Å². The first kappa shape index (κ1) is 33.0. The molecule has 3 rings (SSSR count). The van der Waals surface area contributed by atoms with Crippen LogP contribution in [-0.2, 0) is 54.7 Å². The monoisotopic (exact) mass is 592 g/mol. The molecule has 0 heterocycles. The number of carbonyl (C=O) groups excluding carboxylic acids is 3. The predicted molar refractivity (Wildman–Crippen MR) is 160 cm³/mol. The molecule has 0 bridgehead atoms. The second-order valence-electron chi connectivity index (χ2n) is 10.5. The molecule has 0 aromatic heterocycles. The van der Waals surface area contributed by atoms with Gasteiger partial charge in [-0.15, -0.1) is 0 Å². The van der Waals surface area contributed by atoms with Gasteiger partial charge in [0.25, 0.3) is 0 Å². The second-order valence-corrected chi connectivity index (χ2v) is 10.5. The quantitative estimate of drug-likeness (QED) is 0.164. The largest absolute Gasteiger partial charge is 0.508 e. The smallest absolute Gasteiger partial charge is 0.438 e. The van der Waals surface area contributed by atoms with Gasteiger partial charge in [-0.05, 0) is 89.1 Å². The van der Waals surface area contributed by atoms with Crippen molar-refractivity contribution in [3.05, 3.63) is 105 Å². The molecule has 9 nitrogen and oxygen atoms in total. The molecule has 0 fully saturated rings. The number of hydrogen-bond acceptors (Lipinski definition) is 9. The van der Waals surface area contributed by atoms with Gasteiger partial charge in [0.15, 0.2) is 0 Å². The van der Waals surface area contributed by atoms with E-state index in [0.717, 1.165) is 56.5 Å². The van der Waals surface area contributed by atoms with Gasteiger partial charge in [-0.2, -0.15) is 0 Å². The molecule has 3 aromatic rings. The molecular formula is C34H40O9. The van der Waals surface area contributed by atoms with Crippen LogP contribution < -0.4 is 0 Å². The van der Waals surface area contributed by atoms with Gasteiger partial charge >= 0.3 is 18.5 Å². The van der Waals surface area contributed by atoms with Crippen molar-refractivity contribution >= 4 is 18.5 Å². The van der Waals surface area contributed by atoms with Crippen molar-refractivity contribution in [2.24, 2.45) is 0 Å². The van der Waals surface area contributed by atoms with Crippen LogP contribution in [0.5, 0.6) is 0 Å². The van der Waals surface area contributed by atoms with Crippen molar-refractivity contribution in [3.8, 4) is 0 Å². The third kappa shape index (κ3) is 9.23. The maximum Gasteiger partial charge on any atom is 0.508 e. The van der Waals surface area contributed by atoms with Gasteiger partial charge in [0.05, 0.1) is 21.3 Å². The van der Waals surface area contributed by atoms with E-state index in [2.05, 4.69) is 57.5 Å². The summed E-state index contributed by atoms with van der Waals surface area (Å²) in [7, 11) is 3.85. The summed E-state index contributed by atoms with van der Waals surface area (Å²) < 4.78 is 29.2. The van der Waals surface area contributed by atoms with Crippen molar-refractivity contribution in [3.63, 3.8) is 0 Å². The maximum absolute atomic E-state index is 11.5. The first-order chi connectivity index (χ1) is 20.6. The summed E-state index contributed by atoms with van der Waals surface area (Å²) in [6, 6.07) is 18.6. The molecular weight excluding hydrogens is 552 g/mol. The van der Waals surface area contributed by atoms with Crippen LogP contribution in [-0.4, -0.2) is 39.8 Å². The highest BCUT2D eigenvalue weighted by Gasteiger charge is 2.23. The Kier molecular flexibility index (Phi) is 12.0. The molecule has 43 heavy (non-hydrogen) atoms. The number of hydrogen-bond donors (Lipinski definition) is 0. The van der Waals surface area contributed by atoms with Crippen LogP contribution in [0.15, 0.2) is 54.6 Å². The van der Waals surface area contributed by atoms with Crippen LogP contribution in [0.3, 0.4) is 0 Å². The summed E-state index contributed by atoms with van der Waals surface area (Å²) in [6.45, 7) is 8.60. The Morgan fingerprint density at radius 2 is 0.977 bits per heavy atom. The molecule has 0 aliphatic carbocycles. The van der Waals surface area contributed by atoms with E-state index >= 15 is 0 Å². The summed E-state index contributed by atoms with van der Waals surface area (Å²) in [5, 5.41) is 0. The Morgan fingerprint density at radius 1 is 0.581 bits per heavy atom. The zero-order chi connectivity index (χ0) is 31.5. The molecule has 230 valence electrons. The summed E-state index contributed by atoms with van der Waals surface area (Å²) >= 11 is 0. The van der Waals surface area contributed by atoms with Crippen molar-refractivity contribution in [1.82, 2.24) is 0 Å². The molecule has 0 aliphatic rings. The van der Waals surface area contributed by atoms with Gasteiger partial charge in [0, 0.05) is 0 Å². The van der Waals surface area contributed by atoms with Crippen LogP contribution >= 0.6 is 0 Å². The minimum Gasteiger partial charge on any atom is -0.438 e. The van der Waals surface area contributed by atoms with Gasteiger partial charge in [0.1, 0.15) is 19.8 Å². The third-order valence-electron chi connectivity index (χ3n) is 7.69. The summed E-state index contributed by atoms with van der Waals surface area (Å²) in [5.41, 5.74) is 9.21. The molecule has 0 saturated heterocycles. The van der Waals surface area contributed by atoms with Crippen molar-refractivity contribution in [1.29, 1.82) is 0 Å². The van der Waals surface area contributed by atoms with Crippen LogP contribution in [0.1, 0.15) is 68.8 Å². The predicted octanol–water partition coefficient (Wildman–Crippen LogP) is 7.59. The Balaban J connectivity index is 1.92. The molecule has 0 spiro atoms. The topological polar surface area (TPSA) is 107 Å². The molecule has 0 amide bonds. The van der Waals surface area contributed by atoms with Crippen molar-refractivity contribution in [2.75, 3.05) is 21.3 Å². The lowest BCUT2D eigenvalue weighted by molar-refractivity contribution is 0.0659. The highest BCUT2D eigenvalue weighted by atomic mass is 16.7. The van der Waals surface area contributed by atoms with Gasteiger partial charge in [-0.25, -0.2) is 14.4 Å². The highest BCUT2D eigenvalue weighted by Crippen LogP contribution is 2.37. The van der Waals surface area contributed by atoms with E-state index in [1.165, 1.54) is 21.3 Å².